The smallest absolute Gasteiger partial charge is 0.251 e. The minimum absolute atomic E-state index is 0.129. The van der Waals surface area contributed by atoms with Gasteiger partial charge >= 0.3 is 0 Å². The summed E-state index contributed by atoms with van der Waals surface area (Å²) in [6.07, 6.45) is 0. The first-order chi connectivity index (χ1) is 9.17. The average Bonchev–Trinajstić information content (AvgIpc) is 2.43. The molecule has 1 rings (SSSR count). The zero-order valence-corrected chi connectivity index (χ0v) is 11.3. The number of rotatable bonds is 5. The van der Waals surface area contributed by atoms with E-state index in [-0.39, 0.29) is 18.4 Å². The Morgan fingerprint density at radius 2 is 2.32 bits per heavy atom. The fourth-order valence-corrected chi connectivity index (χ4v) is 1.59. The van der Waals surface area contributed by atoms with E-state index in [1.165, 1.54) is 0 Å². The number of ether oxygens (including phenoxy) is 1. The number of amides is 1. The number of hydrogen-bond acceptors (Lipinski definition) is 3. The molecule has 1 aromatic rings. The first kappa shape index (κ1) is 15.2. The van der Waals surface area contributed by atoms with Crippen LogP contribution in [0, 0.1) is 17.8 Å². The molecule has 0 aromatic heterocycles. The summed E-state index contributed by atoms with van der Waals surface area (Å²) >= 11 is 0. The van der Waals surface area contributed by atoms with E-state index >= 15 is 0 Å². The fourth-order valence-electron chi connectivity index (χ4n) is 1.59. The molecule has 0 spiro atoms. The number of aliphatic hydroxyl groups excluding tert-OH is 1. The SMILES string of the molecule is COCC(C)CNC(=O)c1cccc(C#CCO)c1. The molecule has 1 unspecified atom stereocenters. The van der Waals surface area contributed by atoms with Crippen LogP contribution in [-0.2, 0) is 4.74 Å². The number of hydrogen-bond donors (Lipinski definition) is 2. The van der Waals surface area contributed by atoms with Crippen LogP contribution in [0.25, 0.3) is 0 Å². The van der Waals surface area contributed by atoms with Crippen LogP contribution in [0.5, 0.6) is 0 Å². The van der Waals surface area contributed by atoms with Gasteiger partial charge in [-0.1, -0.05) is 24.8 Å². The lowest BCUT2D eigenvalue weighted by Gasteiger charge is -2.11. The summed E-state index contributed by atoms with van der Waals surface area (Å²) in [5.74, 6) is 5.47. The van der Waals surface area contributed by atoms with Crippen molar-refractivity contribution in [1.29, 1.82) is 0 Å². The highest BCUT2D eigenvalue weighted by Crippen LogP contribution is 2.04. The predicted octanol–water partition coefficient (Wildman–Crippen LogP) is 1.04. The number of carbonyl (C=O) groups excluding carboxylic acids is 1. The number of methoxy groups -OCH3 is 1. The summed E-state index contributed by atoms with van der Waals surface area (Å²) in [5, 5.41) is 11.5. The number of carbonyl (C=O) groups is 1. The molecule has 0 aliphatic heterocycles. The Kier molecular flexibility index (Phi) is 6.65. The van der Waals surface area contributed by atoms with E-state index in [1.807, 2.05) is 6.92 Å². The zero-order chi connectivity index (χ0) is 14.1. The van der Waals surface area contributed by atoms with E-state index in [9.17, 15) is 4.79 Å². The normalized spacial score (nSPS) is 11.3. The van der Waals surface area contributed by atoms with E-state index in [0.29, 0.717) is 24.3 Å². The zero-order valence-electron chi connectivity index (χ0n) is 11.3. The predicted molar refractivity (Wildman–Crippen MR) is 73.8 cm³/mol. The highest BCUT2D eigenvalue weighted by atomic mass is 16.5. The van der Waals surface area contributed by atoms with Crippen molar-refractivity contribution >= 4 is 5.91 Å². The summed E-state index contributed by atoms with van der Waals surface area (Å²) < 4.78 is 5.01. The van der Waals surface area contributed by atoms with Crippen LogP contribution in [0.4, 0.5) is 0 Å². The molecule has 0 heterocycles. The molecular formula is C15H19NO3. The van der Waals surface area contributed by atoms with Crippen LogP contribution in [0.1, 0.15) is 22.8 Å². The lowest BCUT2D eigenvalue weighted by atomic mass is 10.1. The van der Waals surface area contributed by atoms with Gasteiger partial charge in [-0.15, -0.1) is 0 Å². The molecule has 0 aliphatic carbocycles. The van der Waals surface area contributed by atoms with Gasteiger partial charge in [0.2, 0.25) is 0 Å². The van der Waals surface area contributed by atoms with Crippen LogP contribution >= 0.6 is 0 Å². The van der Waals surface area contributed by atoms with E-state index in [1.54, 1.807) is 31.4 Å². The Bertz CT molecular complexity index is 474. The Balaban J connectivity index is 2.61. The molecule has 1 atom stereocenters. The van der Waals surface area contributed by atoms with Gasteiger partial charge in [-0.05, 0) is 24.1 Å². The lowest BCUT2D eigenvalue weighted by Crippen LogP contribution is -2.29. The topological polar surface area (TPSA) is 58.6 Å². The lowest BCUT2D eigenvalue weighted by molar-refractivity contribution is 0.0934. The monoisotopic (exact) mass is 261 g/mol. The Morgan fingerprint density at radius 3 is 3.00 bits per heavy atom. The standard InChI is InChI=1S/C15H19NO3/c1-12(11-19-2)10-16-15(18)14-7-3-5-13(9-14)6-4-8-17/h3,5,7,9,12,17H,8,10-11H2,1-2H3,(H,16,18). The van der Waals surface area contributed by atoms with E-state index in [2.05, 4.69) is 17.2 Å². The number of benzene rings is 1. The van der Waals surface area contributed by atoms with Gasteiger partial charge in [0.15, 0.2) is 0 Å². The molecule has 0 saturated carbocycles. The van der Waals surface area contributed by atoms with Gasteiger partial charge in [0, 0.05) is 24.8 Å². The summed E-state index contributed by atoms with van der Waals surface area (Å²) in [6, 6.07) is 7.02. The summed E-state index contributed by atoms with van der Waals surface area (Å²) in [7, 11) is 1.64. The highest BCUT2D eigenvalue weighted by Gasteiger charge is 2.07. The first-order valence-electron chi connectivity index (χ1n) is 6.14. The molecule has 102 valence electrons. The second kappa shape index (κ2) is 8.30. The second-order valence-corrected chi connectivity index (χ2v) is 4.31. The average molecular weight is 261 g/mol. The van der Waals surface area contributed by atoms with Crippen LogP contribution in [0.15, 0.2) is 24.3 Å². The van der Waals surface area contributed by atoms with Crippen LogP contribution in [-0.4, -0.2) is 37.9 Å². The quantitative estimate of drug-likeness (QED) is 0.779. The van der Waals surface area contributed by atoms with E-state index in [4.69, 9.17) is 9.84 Å². The molecular weight excluding hydrogens is 242 g/mol. The Morgan fingerprint density at radius 1 is 1.53 bits per heavy atom. The van der Waals surface area contributed by atoms with Gasteiger partial charge < -0.3 is 15.2 Å². The maximum atomic E-state index is 11.9. The molecule has 1 amide bonds. The summed E-state index contributed by atoms with van der Waals surface area (Å²) in [6.45, 7) is 3.00. The Labute approximate surface area is 113 Å². The molecule has 0 aliphatic rings. The maximum absolute atomic E-state index is 11.9. The number of nitrogens with one attached hydrogen (secondary N) is 1. The largest absolute Gasteiger partial charge is 0.384 e. The second-order valence-electron chi connectivity index (χ2n) is 4.31. The van der Waals surface area contributed by atoms with Gasteiger partial charge in [-0.2, -0.15) is 0 Å². The summed E-state index contributed by atoms with van der Waals surface area (Å²) in [4.78, 5) is 11.9. The fraction of sp³-hybridized carbons (Fsp3) is 0.400. The van der Waals surface area contributed by atoms with Crippen LogP contribution < -0.4 is 5.32 Å². The van der Waals surface area contributed by atoms with Crippen molar-refractivity contribution in [3.05, 3.63) is 35.4 Å². The van der Waals surface area contributed by atoms with E-state index < -0.39 is 0 Å². The van der Waals surface area contributed by atoms with Gasteiger partial charge in [0.25, 0.3) is 5.91 Å². The third-order valence-electron chi connectivity index (χ3n) is 2.50. The molecule has 19 heavy (non-hydrogen) atoms. The van der Waals surface area contributed by atoms with Gasteiger partial charge in [0.1, 0.15) is 6.61 Å². The van der Waals surface area contributed by atoms with Crippen LogP contribution in [0.2, 0.25) is 0 Å². The minimum Gasteiger partial charge on any atom is -0.384 e. The van der Waals surface area contributed by atoms with Crippen molar-refractivity contribution in [3.8, 4) is 11.8 Å². The van der Waals surface area contributed by atoms with Crippen molar-refractivity contribution in [2.45, 2.75) is 6.92 Å². The molecule has 0 fully saturated rings. The molecule has 2 N–H and O–H groups in total. The maximum Gasteiger partial charge on any atom is 0.251 e. The van der Waals surface area contributed by atoms with Crippen molar-refractivity contribution in [2.24, 2.45) is 5.92 Å². The van der Waals surface area contributed by atoms with Crippen molar-refractivity contribution in [2.75, 3.05) is 26.9 Å². The molecule has 0 saturated heterocycles. The van der Waals surface area contributed by atoms with Gasteiger partial charge in [-0.25, -0.2) is 0 Å². The first-order valence-corrected chi connectivity index (χ1v) is 6.14. The third-order valence-corrected chi connectivity index (χ3v) is 2.50. The molecule has 0 radical (unpaired) electrons. The molecule has 4 nitrogen and oxygen atoms in total. The van der Waals surface area contributed by atoms with Crippen molar-refractivity contribution < 1.29 is 14.6 Å². The van der Waals surface area contributed by atoms with Crippen molar-refractivity contribution in [1.82, 2.24) is 5.32 Å². The minimum atomic E-state index is -0.190. The van der Waals surface area contributed by atoms with Crippen LogP contribution in [0.3, 0.4) is 0 Å². The highest BCUT2D eigenvalue weighted by molar-refractivity contribution is 5.94. The number of aliphatic hydroxyl groups is 1. The van der Waals surface area contributed by atoms with E-state index in [0.717, 1.165) is 0 Å². The molecule has 1 aromatic carbocycles. The molecule has 4 heteroatoms. The van der Waals surface area contributed by atoms with Gasteiger partial charge in [0.05, 0.1) is 6.61 Å². The summed E-state index contributed by atoms with van der Waals surface area (Å²) in [5.41, 5.74) is 1.28. The third kappa shape index (κ3) is 5.56. The Hall–Kier alpha value is -1.83. The van der Waals surface area contributed by atoms with Crippen molar-refractivity contribution in [3.63, 3.8) is 0 Å². The van der Waals surface area contributed by atoms with Gasteiger partial charge in [-0.3, -0.25) is 4.79 Å². The molecule has 0 bridgehead atoms.